The Morgan fingerprint density at radius 2 is 1.75 bits per heavy atom. The number of ketones is 1. The summed E-state index contributed by atoms with van der Waals surface area (Å²) in [6.45, 7) is 0. The number of aryl methyl sites for hydroxylation is 1. The molecule has 0 aliphatic heterocycles. The van der Waals surface area contributed by atoms with Gasteiger partial charge in [0.15, 0.2) is 5.78 Å². The molecular weight excluding hydrogens is 250 g/mol. The number of methoxy groups -OCH3 is 1. The summed E-state index contributed by atoms with van der Waals surface area (Å²) in [6, 6.07) is 16.7. The van der Waals surface area contributed by atoms with Gasteiger partial charge in [0.2, 0.25) is 0 Å². The van der Waals surface area contributed by atoms with Crippen molar-refractivity contribution in [2.45, 2.75) is 18.9 Å². The van der Waals surface area contributed by atoms with Gasteiger partial charge in [0.1, 0.15) is 5.75 Å². The summed E-state index contributed by atoms with van der Waals surface area (Å²) in [4.78, 5) is 12.1. The van der Waals surface area contributed by atoms with Gasteiger partial charge in [0.05, 0.1) is 13.2 Å². The molecule has 0 saturated carbocycles. The van der Waals surface area contributed by atoms with E-state index in [-0.39, 0.29) is 5.78 Å². The fourth-order valence-electron chi connectivity index (χ4n) is 2.06. The molecule has 20 heavy (non-hydrogen) atoms. The Balaban J connectivity index is 1.91. The summed E-state index contributed by atoms with van der Waals surface area (Å²) in [7, 11) is 1.64. The van der Waals surface area contributed by atoms with Gasteiger partial charge in [-0.2, -0.15) is 0 Å². The zero-order chi connectivity index (χ0) is 14.4. The molecule has 1 atom stereocenters. The van der Waals surface area contributed by atoms with E-state index >= 15 is 0 Å². The van der Waals surface area contributed by atoms with Crippen LogP contribution < -0.4 is 10.5 Å². The number of hydrogen-bond donors (Lipinski definition) is 1. The minimum atomic E-state index is -0.533. The normalized spacial score (nSPS) is 11.9. The van der Waals surface area contributed by atoms with E-state index < -0.39 is 6.04 Å². The number of Topliss-reactive ketones (excluding diaryl/α,β-unsaturated/α-hetero) is 1. The lowest BCUT2D eigenvalue weighted by atomic mass is 9.98. The van der Waals surface area contributed by atoms with Gasteiger partial charge in [0, 0.05) is 6.42 Å². The number of carbonyl (C=O) groups is 1. The first-order valence-electron chi connectivity index (χ1n) is 6.67. The summed E-state index contributed by atoms with van der Waals surface area (Å²) in [5.41, 5.74) is 7.96. The molecule has 3 nitrogen and oxygen atoms in total. The molecule has 3 heteroatoms. The second-order valence-corrected chi connectivity index (χ2v) is 4.70. The Kier molecular flexibility index (Phi) is 4.91. The minimum absolute atomic E-state index is 0.0621. The molecule has 0 radical (unpaired) electrons. The van der Waals surface area contributed by atoms with Crippen LogP contribution in [0.4, 0.5) is 0 Å². The van der Waals surface area contributed by atoms with Crippen molar-refractivity contribution in [2.75, 3.05) is 7.11 Å². The molecule has 0 amide bonds. The molecule has 0 bridgehead atoms. The molecule has 0 aromatic heterocycles. The Morgan fingerprint density at radius 3 is 2.35 bits per heavy atom. The molecule has 0 fully saturated rings. The van der Waals surface area contributed by atoms with E-state index in [4.69, 9.17) is 10.5 Å². The van der Waals surface area contributed by atoms with Crippen LogP contribution in [0.5, 0.6) is 5.75 Å². The van der Waals surface area contributed by atoms with E-state index in [2.05, 4.69) is 0 Å². The highest BCUT2D eigenvalue weighted by atomic mass is 16.5. The lowest BCUT2D eigenvalue weighted by Crippen LogP contribution is -2.21. The van der Waals surface area contributed by atoms with Crippen LogP contribution in [0, 0.1) is 0 Å². The predicted molar refractivity (Wildman–Crippen MR) is 79.7 cm³/mol. The lowest BCUT2D eigenvalue weighted by molar-refractivity contribution is -0.120. The van der Waals surface area contributed by atoms with Gasteiger partial charge in [-0.1, -0.05) is 42.5 Å². The van der Waals surface area contributed by atoms with E-state index in [0.29, 0.717) is 12.8 Å². The van der Waals surface area contributed by atoms with Crippen LogP contribution in [0.1, 0.15) is 23.6 Å². The zero-order valence-corrected chi connectivity index (χ0v) is 11.6. The van der Waals surface area contributed by atoms with Crippen LogP contribution in [0.3, 0.4) is 0 Å². The van der Waals surface area contributed by atoms with Gasteiger partial charge in [-0.15, -0.1) is 0 Å². The molecule has 0 unspecified atom stereocenters. The average Bonchev–Trinajstić information content (AvgIpc) is 2.53. The van der Waals surface area contributed by atoms with Crippen molar-refractivity contribution in [3.8, 4) is 5.75 Å². The van der Waals surface area contributed by atoms with Gasteiger partial charge in [-0.25, -0.2) is 0 Å². The van der Waals surface area contributed by atoms with Crippen molar-refractivity contribution >= 4 is 5.78 Å². The van der Waals surface area contributed by atoms with E-state index in [1.54, 1.807) is 7.11 Å². The van der Waals surface area contributed by atoms with Crippen molar-refractivity contribution in [1.29, 1.82) is 0 Å². The maximum atomic E-state index is 12.1. The van der Waals surface area contributed by atoms with Gasteiger partial charge in [-0.05, 0) is 29.7 Å². The monoisotopic (exact) mass is 269 g/mol. The van der Waals surface area contributed by atoms with Crippen LogP contribution in [0.25, 0.3) is 0 Å². The topological polar surface area (TPSA) is 52.3 Å². The first kappa shape index (κ1) is 14.3. The Morgan fingerprint density at radius 1 is 1.10 bits per heavy atom. The maximum Gasteiger partial charge on any atom is 0.154 e. The van der Waals surface area contributed by atoms with Gasteiger partial charge in [0.25, 0.3) is 0 Å². The first-order chi connectivity index (χ1) is 9.70. The van der Waals surface area contributed by atoms with Crippen molar-refractivity contribution in [2.24, 2.45) is 5.73 Å². The molecule has 0 aliphatic carbocycles. The molecule has 0 saturated heterocycles. The van der Waals surface area contributed by atoms with Crippen LogP contribution >= 0.6 is 0 Å². The molecule has 104 valence electrons. The van der Waals surface area contributed by atoms with Gasteiger partial charge >= 0.3 is 0 Å². The van der Waals surface area contributed by atoms with Crippen LogP contribution in [-0.2, 0) is 11.2 Å². The summed E-state index contributed by atoms with van der Waals surface area (Å²) >= 11 is 0. The highest BCUT2D eigenvalue weighted by Gasteiger charge is 2.14. The minimum Gasteiger partial charge on any atom is -0.497 e. The molecule has 0 heterocycles. The number of nitrogens with two attached hydrogens (primary N) is 1. The van der Waals surface area contributed by atoms with E-state index in [1.165, 1.54) is 0 Å². The van der Waals surface area contributed by atoms with Crippen molar-refractivity contribution in [1.82, 2.24) is 0 Å². The van der Waals surface area contributed by atoms with Gasteiger partial charge in [-0.3, -0.25) is 4.79 Å². The second kappa shape index (κ2) is 6.87. The van der Waals surface area contributed by atoms with E-state index in [1.807, 2.05) is 54.6 Å². The van der Waals surface area contributed by atoms with Crippen molar-refractivity contribution in [3.05, 3.63) is 65.7 Å². The summed E-state index contributed by atoms with van der Waals surface area (Å²) in [5.74, 6) is 0.882. The Bertz CT molecular complexity index is 549. The number of ether oxygens (including phenoxy) is 1. The summed E-state index contributed by atoms with van der Waals surface area (Å²) in [6.07, 6.45) is 1.14. The summed E-state index contributed by atoms with van der Waals surface area (Å²) < 4.78 is 5.10. The van der Waals surface area contributed by atoms with E-state index in [9.17, 15) is 4.79 Å². The summed E-state index contributed by atoms with van der Waals surface area (Å²) in [5, 5.41) is 0. The first-order valence-corrected chi connectivity index (χ1v) is 6.67. The SMILES string of the molecule is COc1ccc(CCC(=O)[C@H](N)c2ccccc2)cc1. The number of benzene rings is 2. The molecule has 0 spiro atoms. The smallest absolute Gasteiger partial charge is 0.154 e. The van der Waals surface area contributed by atoms with Crippen LogP contribution in [-0.4, -0.2) is 12.9 Å². The Hall–Kier alpha value is -2.13. The number of carbonyl (C=O) groups excluding carboxylic acids is 1. The van der Waals surface area contributed by atoms with Crippen LogP contribution in [0.2, 0.25) is 0 Å². The highest BCUT2D eigenvalue weighted by Crippen LogP contribution is 2.16. The van der Waals surface area contributed by atoms with Crippen molar-refractivity contribution in [3.63, 3.8) is 0 Å². The zero-order valence-electron chi connectivity index (χ0n) is 11.6. The third kappa shape index (κ3) is 3.68. The fourth-order valence-corrected chi connectivity index (χ4v) is 2.06. The van der Waals surface area contributed by atoms with Crippen LogP contribution in [0.15, 0.2) is 54.6 Å². The molecule has 2 aromatic rings. The average molecular weight is 269 g/mol. The molecular formula is C17H19NO2. The predicted octanol–water partition coefficient (Wildman–Crippen LogP) is 2.90. The third-order valence-corrected chi connectivity index (χ3v) is 3.32. The molecule has 2 rings (SSSR count). The lowest BCUT2D eigenvalue weighted by Gasteiger charge is -2.11. The quantitative estimate of drug-likeness (QED) is 0.877. The third-order valence-electron chi connectivity index (χ3n) is 3.32. The number of rotatable bonds is 6. The number of hydrogen-bond acceptors (Lipinski definition) is 3. The fraction of sp³-hybridized carbons (Fsp3) is 0.235. The maximum absolute atomic E-state index is 12.1. The molecule has 2 N–H and O–H groups in total. The standard InChI is InChI=1S/C17H19NO2/c1-20-15-10-7-13(8-11-15)9-12-16(19)17(18)14-5-3-2-4-6-14/h2-8,10-11,17H,9,12,18H2,1H3/t17-/m1/s1. The van der Waals surface area contributed by atoms with Gasteiger partial charge < -0.3 is 10.5 Å². The highest BCUT2D eigenvalue weighted by molar-refractivity contribution is 5.85. The Labute approximate surface area is 119 Å². The van der Waals surface area contributed by atoms with Crippen molar-refractivity contribution < 1.29 is 9.53 Å². The second-order valence-electron chi connectivity index (χ2n) is 4.70. The van der Waals surface area contributed by atoms with E-state index in [0.717, 1.165) is 16.9 Å². The molecule has 0 aliphatic rings. The largest absolute Gasteiger partial charge is 0.497 e. The molecule has 2 aromatic carbocycles.